The van der Waals surface area contributed by atoms with E-state index in [-0.39, 0.29) is 18.8 Å². The van der Waals surface area contributed by atoms with Crippen molar-refractivity contribution in [3.8, 4) is 5.75 Å². The lowest BCUT2D eigenvalue weighted by molar-refractivity contribution is 0.235. The lowest BCUT2D eigenvalue weighted by Gasteiger charge is -2.20. The normalized spacial score (nSPS) is 13.1. The highest BCUT2D eigenvalue weighted by Crippen LogP contribution is 2.19. The van der Waals surface area contributed by atoms with Gasteiger partial charge in [0.15, 0.2) is 0 Å². The molecule has 0 radical (unpaired) electrons. The first-order chi connectivity index (χ1) is 8.02. The van der Waals surface area contributed by atoms with E-state index in [0.29, 0.717) is 6.04 Å². The molecule has 3 heteroatoms. The molecule has 96 valence electrons. The predicted octanol–water partition coefficient (Wildman–Crippen LogP) is 2.51. The second kappa shape index (κ2) is 6.62. The van der Waals surface area contributed by atoms with Crippen LogP contribution in [0.25, 0.3) is 0 Å². The second-order valence-electron chi connectivity index (χ2n) is 4.79. The average molecular weight is 237 g/mol. The molecule has 1 rings (SSSR count). The highest BCUT2D eigenvalue weighted by Gasteiger charge is 2.11. The lowest BCUT2D eigenvalue weighted by Crippen LogP contribution is -2.30. The number of aliphatic hydroxyl groups excluding tert-OH is 1. The Morgan fingerprint density at radius 2 is 1.71 bits per heavy atom. The van der Waals surface area contributed by atoms with Crippen LogP contribution in [0.1, 0.15) is 39.3 Å². The van der Waals surface area contributed by atoms with Gasteiger partial charge in [0.2, 0.25) is 0 Å². The molecule has 0 aliphatic carbocycles. The zero-order valence-corrected chi connectivity index (χ0v) is 11.1. The van der Waals surface area contributed by atoms with Crippen molar-refractivity contribution in [2.45, 2.75) is 45.9 Å². The summed E-state index contributed by atoms with van der Waals surface area (Å²) in [5.74, 6) is 0.866. The maximum Gasteiger partial charge on any atom is 0.119 e. The van der Waals surface area contributed by atoms with Crippen molar-refractivity contribution >= 4 is 0 Å². The highest BCUT2D eigenvalue weighted by molar-refractivity contribution is 5.29. The van der Waals surface area contributed by atoms with E-state index in [1.165, 1.54) is 0 Å². The Morgan fingerprint density at radius 1 is 1.12 bits per heavy atom. The van der Waals surface area contributed by atoms with Gasteiger partial charge >= 0.3 is 0 Å². The molecule has 2 N–H and O–H groups in total. The van der Waals surface area contributed by atoms with Gasteiger partial charge in [0.1, 0.15) is 5.75 Å². The molecular formula is C14H23NO2. The summed E-state index contributed by atoms with van der Waals surface area (Å²) in [5, 5.41) is 12.7. The second-order valence-corrected chi connectivity index (χ2v) is 4.79. The van der Waals surface area contributed by atoms with Gasteiger partial charge in [-0.25, -0.2) is 0 Å². The van der Waals surface area contributed by atoms with E-state index in [4.69, 9.17) is 4.74 Å². The van der Waals surface area contributed by atoms with E-state index in [2.05, 4.69) is 19.2 Å². The smallest absolute Gasteiger partial charge is 0.119 e. The molecule has 0 aliphatic rings. The Labute approximate surface area is 104 Å². The van der Waals surface area contributed by atoms with Crippen LogP contribution in [0.15, 0.2) is 24.3 Å². The minimum atomic E-state index is -0.0110. The van der Waals surface area contributed by atoms with Gasteiger partial charge in [-0.05, 0) is 31.5 Å². The predicted molar refractivity (Wildman–Crippen MR) is 70.3 cm³/mol. The minimum Gasteiger partial charge on any atom is -0.491 e. The summed E-state index contributed by atoms with van der Waals surface area (Å²) in [6.45, 7) is 8.25. The standard InChI is InChI=1S/C14H23NO2/c1-10(2)15-14(9-16)12-5-7-13(8-6-12)17-11(3)4/h5-8,10-11,14-16H,9H2,1-4H3. The Kier molecular flexibility index (Phi) is 5.45. The van der Waals surface area contributed by atoms with E-state index in [0.717, 1.165) is 11.3 Å². The number of ether oxygens (including phenoxy) is 1. The summed E-state index contributed by atoms with van der Waals surface area (Å²) >= 11 is 0. The minimum absolute atomic E-state index is 0.0110. The van der Waals surface area contributed by atoms with Gasteiger partial charge in [-0.1, -0.05) is 26.0 Å². The van der Waals surface area contributed by atoms with Crippen molar-refractivity contribution in [3.63, 3.8) is 0 Å². The summed E-state index contributed by atoms with van der Waals surface area (Å²) in [5.41, 5.74) is 1.08. The first-order valence-corrected chi connectivity index (χ1v) is 6.16. The molecule has 0 saturated carbocycles. The molecule has 0 aliphatic heterocycles. The van der Waals surface area contributed by atoms with Crippen LogP contribution in [0.5, 0.6) is 5.75 Å². The molecule has 3 nitrogen and oxygen atoms in total. The number of rotatable bonds is 6. The quantitative estimate of drug-likeness (QED) is 0.798. The molecule has 0 heterocycles. The van der Waals surface area contributed by atoms with E-state index in [9.17, 15) is 5.11 Å². The van der Waals surface area contributed by atoms with Gasteiger partial charge in [0.25, 0.3) is 0 Å². The fraction of sp³-hybridized carbons (Fsp3) is 0.571. The monoisotopic (exact) mass is 237 g/mol. The van der Waals surface area contributed by atoms with Gasteiger partial charge < -0.3 is 15.2 Å². The molecule has 0 spiro atoms. The molecule has 17 heavy (non-hydrogen) atoms. The van der Waals surface area contributed by atoms with Crippen LogP contribution in [0.3, 0.4) is 0 Å². The third-order valence-corrected chi connectivity index (χ3v) is 2.37. The van der Waals surface area contributed by atoms with E-state index in [1.54, 1.807) is 0 Å². The molecular weight excluding hydrogens is 214 g/mol. The summed E-state index contributed by atoms with van der Waals surface area (Å²) in [4.78, 5) is 0. The largest absolute Gasteiger partial charge is 0.491 e. The summed E-state index contributed by atoms with van der Waals surface area (Å²) in [6, 6.07) is 8.21. The Bertz CT molecular complexity index is 319. The molecule has 1 aromatic carbocycles. The van der Waals surface area contributed by atoms with Crippen LogP contribution in [0.2, 0.25) is 0 Å². The van der Waals surface area contributed by atoms with Crippen LogP contribution in [-0.2, 0) is 0 Å². The van der Waals surface area contributed by atoms with Gasteiger partial charge in [-0.15, -0.1) is 0 Å². The molecule has 0 amide bonds. The van der Waals surface area contributed by atoms with Crippen LogP contribution in [0.4, 0.5) is 0 Å². The van der Waals surface area contributed by atoms with Gasteiger partial charge in [-0.2, -0.15) is 0 Å². The fourth-order valence-corrected chi connectivity index (χ4v) is 1.71. The Hall–Kier alpha value is -1.06. The van der Waals surface area contributed by atoms with Crippen molar-refractivity contribution in [1.29, 1.82) is 0 Å². The fourth-order valence-electron chi connectivity index (χ4n) is 1.71. The SMILES string of the molecule is CC(C)NC(CO)c1ccc(OC(C)C)cc1. The third kappa shape index (κ3) is 4.75. The maximum absolute atomic E-state index is 9.35. The third-order valence-electron chi connectivity index (χ3n) is 2.37. The molecule has 1 unspecified atom stereocenters. The van der Waals surface area contributed by atoms with Crippen LogP contribution in [-0.4, -0.2) is 23.9 Å². The van der Waals surface area contributed by atoms with Crippen LogP contribution >= 0.6 is 0 Å². The number of hydrogen-bond donors (Lipinski definition) is 2. The van der Waals surface area contributed by atoms with E-state index < -0.39 is 0 Å². The first-order valence-electron chi connectivity index (χ1n) is 6.16. The number of hydrogen-bond acceptors (Lipinski definition) is 3. The molecule has 0 fully saturated rings. The van der Waals surface area contributed by atoms with Crippen LogP contribution < -0.4 is 10.1 Å². The van der Waals surface area contributed by atoms with E-state index >= 15 is 0 Å². The maximum atomic E-state index is 9.35. The van der Waals surface area contributed by atoms with Crippen molar-refractivity contribution in [2.75, 3.05) is 6.61 Å². The van der Waals surface area contributed by atoms with Crippen molar-refractivity contribution in [3.05, 3.63) is 29.8 Å². The van der Waals surface area contributed by atoms with Crippen molar-refractivity contribution in [1.82, 2.24) is 5.32 Å². The first kappa shape index (κ1) is 14.0. The molecule has 0 saturated heterocycles. The molecule has 0 aromatic heterocycles. The number of nitrogens with one attached hydrogen (secondary N) is 1. The van der Waals surface area contributed by atoms with Crippen LogP contribution in [0, 0.1) is 0 Å². The lowest BCUT2D eigenvalue weighted by atomic mass is 10.1. The van der Waals surface area contributed by atoms with E-state index in [1.807, 2.05) is 38.1 Å². The average Bonchev–Trinajstić information content (AvgIpc) is 2.26. The summed E-state index contributed by atoms with van der Waals surface area (Å²) < 4.78 is 5.58. The Morgan fingerprint density at radius 3 is 2.12 bits per heavy atom. The van der Waals surface area contributed by atoms with Gasteiger partial charge in [-0.3, -0.25) is 0 Å². The molecule has 1 aromatic rings. The number of benzene rings is 1. The van der Waals surface area contributed by atoms with Crippen molar-refractivity contribution in [2.24, 2.45) is 0 Å². The molecule has 0 bridgehead atoms. The Balaban J connectivity index is 2.70. The topological polar surface area (TPSA) is 41.5 Å². The number of aliphatic hydroxyl groups is 1. The highest BCUT2D eigenvalue weighted by atomic mass is 16.5. The van der Waals surface area contributed by atoms with Crippen molar-refractivity contribution < 1.29 is 9.84 Å². The molecule has 1 atom stereocenters. The van der Waals surface area contributed by atoms with Gasteiger partial charge in [0, 0.05) is 6.04 Å². The van der Waals surface area contributed by atoms with Gasteiger partial charge in [0.05, 0.1) is 18.8 Å². The zero-order chi connectivity index (χ0) is 12.8. The summed E-state index contributed by atoms with van der Waals surface area (Å²) in [6.07, 6.45) is 0.184. The summed E-state index contributed by atoms with van der Waals surface area (Å²) in [7, 11) is 0. The zero-order valence-electron chi connectivity index (χ0n) is 11.1.